The zero-order chi connectivity index (χ0) is 17.4. The fraction of sp³-hybridized carbons (Fsp3) is 0.667. The van der Waals surface area contributed by atoms with Crippen molar-refractivity contribution in [1.29, 1.82) is 0 Å². The van der Waals surface area contributed by atoms with Crippen molar-refractivity contribution in [3.8, 4) is 0 Å². The summed E-state index contributed by atoms with van der Waals surface area (Å²) in [5.41, 5.74) is 0.219. The molecule has 2 aromatic rings. The molecular weight excluding hydrogens is 321 g/mol. The summed E-state index contributed by atoms with van der Waals surface area (Å²) in [5.74, 6) is -0.706. The van der Waals surface area contributed by atoms with E-state index in [0.717, 1.165) is 23.9 Å². The van der Waals surface area contributed by atoms with Gasteiger partial charge >= 0.3 is 6.18 Å². The van der Waals surface area contributed by atoms with Crippen LogP contribution in [0.25, 0.3) is 5.65 Å². The fourth-order valence-electron chi connectivity index (χ4n) is 3.52. The SMILES string of the molecule is CN(C)CC1(CNc2ccc3nnc(C(F)(F)F)n3n2)CCCC1. The standard InChI is InChI=1S/C15H21F3N6/c1-23(2)10-14(7-3-4-8-14)9-19-11-5-6-12-20-21-13(15(16,17)18)24(12)22-11/h5-6H,3-4,7-10H2,1-2H3,(H,19,22). The van der Waals surface area contributed by atoms with Crippen molar-refractivity contribution in [3.05, 3.63) is 18.0 Å². The quantitative estimate of drug-likeness (QED) is 0.905. The van der Waals surface area contributed by atoms with Crippen molar-refractivity contribution < 1.29 is 13.2 Å². The number of hydrogen-bond acceptors (Lipinski definition) is 5. The smallest absolute Gasteiger partial charge is 0.368 e. The van der Waals surface area contributed by atoms with E-state index in [9.17, 15) is 13.2 Å². The lowest BCUT2D eigenvalue weighted by molar-refractivity contribution is -0.146. The maximum atomic E-state index is 12.9. The molecule has 0 bridgehead atoms. The molecule has 0 aliphatic heterocycles. The number of alkyl halides is 3. The Morgan fingerprint density at radius 3 is 2.54 bits per heavy atom. The van der Waals surface area contributed by atoms with Crippen LogP contribution in [-0.2, 0) is 6.18 Å². The monoisotopic (exact) mass is 342 g/mol. The highest BCUT2D eigenvalue weighted by Gasteiger charge is 2.38. The third kappa shape index (κ3) is 3.45. The van der Waals surface area contributed by atoms with Gasteiger partial charge in [0.2, 0.25) is 0 Å². The van der Waals surface area contributed by atoms with Gasteiger partial charge < -0.3 is 10.2 Å². The van der Waals surface area contributed by atoms with E-state index >= 15 is 0 Å². The Labute approximate surface area is 138 Å². The first-order valence-electron chi connectivity index (χ1n) is 7.97. The Bertz CT molecular complexity index is 703. The molecule has 1 N–H and O–H groups in total. The van der Waals surface area contributed by atoms with Crippen molar-refractivity contribution >= 4 is 11.5 Å². The largest absolute Gasteiger partial charge is 0.453 e. The molecule has 9 heteroatoms. The van der Waals surface area contributed by atoms with Gasteiger partial charge in [0.15, 0.2) is 5.65 Å². The van der Waals surface area contributed by atoms with Crippen molar-refractivity contribution in [1.82, 2.24) is 24.7 Å². The van der Waals surface area contributed by atoms with Crippen LogP contribution < -0.4 is 5.32 Å². The van der Waals surface area contributed by atoms with Gasteiger partial charge in [0, 0.05) is 18.5 Å². The second kappa shape index (κ2) is 6.19. The molecule has 0 saturated heterocycles. The lowest BCUT2D eigenvalue weighted by atomic mass is 9.85. The second-order valence-corrected chi connectivity index (χ2v) is 6.81. The zero-order valence-corrected chi connectivity index (χ0v) is 13.8. The van der Waals surface area contributed by atoms with E-state index in [1.165, 1.54) is 18.9 Å². The molecule has 6 nitrogen and oxygen atoms in total. The summed E-state index contributed by atoms with van der Waals surface area (Å²) in [6, 6.07) is 3.13. The van der Waals surface area contributed by atoms with Gasteiger partial charge in [-0.1, -0.05) is 12.8 Å². The Morgan fingerprint density at radius 1 is 1.21 bits per heavy atom. The number of hydrogen-bond donors (Lipinski definition) is 1. The highest BCUT2D eigenvalue weighted by molar-refractivity contribution is 5.44. The molecule has 0 aromatic carbocycles. The van der Waals surface area contributed by atoms with Crippen LogP contribution in [0.2, 0.25) is 0 Å². The number of nitrogens with one attached hydrogen (secondary N) is 1. The molecule has 1 saturated carbocycles. The van der Waals surface area contributed by atoms with Crippen LogP contribution in [0.15, 0.2) is 12.1 Å². The summed E-state index contributed by atoms with van der Waals surface area (Å²) < 4.78 is 39.5. The number of aromatic nitrogens is 4. The zero-order valence-electron chi connectivity index (χ0n) is 13.8. The lowest BCUT2D eigenvalue weighted by Crippen LogP contribution is -2.37. The van der Waals surface area contributed by atoms with Gasteiger partial charge in [-0.3, -0.25) is 0 Å². The second-order valence-electron chi connectivity index (χ2n) is 6.81. The van der Waals surface area contributed by atoms with Crippen LogP contribution in [0, 0.1) is 5.41 Å². The predicted octanol–water partition coefficient (Wildman–Crippen LogP) is 2.68. The molecule has 0 amide bonds. The molecule has 132 valence electrons. The van der Waals surface area contributed by atoms with Crippen LogP contribution >= 0.6 is 0 Å². The normalized spacial score (nSPS) is 17.8. The molecular formula is C15H21F3N6. The summed E-state index contributed by atoms with van der Waals surface area (Å²) >= 11 is 0. The minimum Gasteiger partial charge on any atom is -0.368 e. The van der Waals surface area contributed by atoms with E-state index in [4.69, 9.17) is 0 Å². The molecule has 0 unspecified atom stereocenters. The third-order valence-corrected chi connectivity index (χ3v) is 4.48. The Morgan fingerprint density at radius 2 is 1.92 bits per heavy atom. The molecule has 0 spiro atoms. The first kappa shape index (κ1) is 16.9. The van der Waals surface area contributed by atoms with E-state index in [2.05, 4.69) is 25.5 Å². The number of anilines is 1. The van der Waals surface area contributed by atoms with Crippen molar-refractivity contribution in [2.75, 3.05) is 32.5 Å². The minimum absolute atomic E-state index is 0.0803. The van der Waals surface area contributed by atoms with Crippen molar-refractivity contribution in [2.24, 2.45) is 5.41 Å². The van der Waals surface area contributed by atoms with Crippen LogP contribution in [0.1, 0.15) is 31.5 Å². The lowest BCUT2D eigenvalue weighted by Gasteiger charge is -2.32. The highest BCUT2D eigenvalue weighted by atomic mass is 19.4. The van der Waals surface area contributed by atoms with Gasteiger partial charge in [-0.2, -0.15) is 17.7 Å². The highest BCUT2D eigenvalue weighted by Crippen LogP contribution is 2.38. The van der Waals surface area contributed by atoms with E-state index in [-0.39, 0.29) is 11.1 Å². The Hall–Kier alpha value is -1.90. The molecule has 0 atom stereocenters. The number of rotatable bonds is 5. The van der Waals surface area contributed by atoms with E-state index in [1.54, 1.807) is 6.07 Å². The molecule has 1 aliphatic rings. The molecule has 0 radical (unpaired) electrons. The average Bonchev–Trinajstić information content (AvgIpc) is 3.10. The third-order valence-electron chi connectivity index (χ3n) is 4.48. The maximum Gasteiger partial charge on any atom is 0.453 e. The number of nitrogens with zero attached hydrogens (tertiary/aromatic N) is 5. The van der Waals surface area contributed by atoms with E-state index in [1.807, 2.05) is 14.1 Å². The topological polar surface area (TPSA) is 58.3 Å². The summed E-state index contributed by atoms with van der Waals surface area (Å²) in [7, 11) is 4.08. The maximum absolute atomic E-state index is 12.9. The summed E-state index contributed by atoms with van der Waals surface area (Å²) in [5, 5.41) is 13.9. The summed E-state index contributed by atoms with van der Waals surface area (Å²) in [6.45, 7) is 1.63. The van der Waals surface area contributed by atoms with E-state index < -0.39 is 12.0 Å². The van der Waals surface area contributed by atoms with Crippen molar-refractivity contribution in [2.45, 2.75) is 31.9 Å². The first-order chi connectivity index (χ1) is 11.3. The van der Waals surface area contributed by atoms with Gasteiger partial charge in [-0.25, -0.2) is 0 Å². The molecule has 24 heavy (non-hydrogen) atoms. The van der Waals surface area contributed by atoms with Crippen LogP contribution in [-0.4, -0.2) is 51.9 Å². The number of fused-ring (bicyclic) bond motifs is 1. The van der Waals surface area contributed by atoms with E-state index in [0.29, 0.717) is 12.4 Å². The molecule has 2 heterocycles. The summed E-state index contributed by atoms with van der Waals surface area (Å²) in [4.78, 5) is 2.16. The average molecular weight is 342 g/mol. The van der Waals surface area contributed by atoms with Gasteiger partial charge in [0.05, 0.1) is 0 Å². The Kier molecular flexibility index (Phi) is 4.37. The van der Waals surface area contributed by atoms with Gasteiger partial charge in [-0.05, 0) is 39.1 Å². The molecule has 2 aromatic heterocycles. The van der Waals surface area contributed by atoms with Crippen molar-refractivity contribution in [3.63, 3.8) is 0 Å². The van der Waals surface area contributed by atoms with Gasteiger partial charge in [0.1, 0.15) is 5.82 Å². The van der Waals surface area contributed by atoms with Crippen LogP contribution in [0.4, 0.5) is 19.0 Å². The fourth-order valence-corrected chi connectivity index (χ4v) is 3.52. The van der Waals surface area contributed by atoms with Gasteiger partial charge in [0.25, 0.3) is 5.82 Å². The van der Waals surface area contributed by atoms with Crippen LogP contribution in [0.3, 0.4) is 0 Å². The van der Waals surface area contributed by atoms with Crippen LogP contribution in [0.5, 0.6) is 0 Å². The molecule has 3 rings (SSSR count). The minimum atomic E-state index is -4.58. The molecule has 1 fully saturated rings. The predicted molar refractivity (Wildman–Crippen MR) is 83.7 cm³/mol. The Balaban J connectivity index is 1.80. The first-order valence-corrected chi connectivity index (χ1v) is 7.97. The summed E-state index contributed by atoms with van der Waals surface area (Å²) in [6.07, 6.45) is 0.0155. The van der Waals surface area contributed by atoms with Gasteiger partial charge in [-0.15, -0.1) is 15.3 Å². The molecule has 1 aliphatic carbocycles. The number of halogens is 3.